The molecule has 1 aromatic carbocycles. The maximum Gasteiger partial charge on any atom is 0.349 e. The number of benzene rings is 1. The Labute approximate surface area is 140 Å². The maximum absolute atomic E-state index is 12.1. The Morgan fingerprint density at radius 1 is 1.16 bits per heavy atom. The lowest BCUT2D eigenvalue weighted by Gasteiger charge is -2.21. The first-order valence-electron chi connectivity index (χ1n) is 7.62. The van der Waals surface area contributed by atoms with Gasteiger partial charge in [0.25, 0.3) is 5.56 Å². The lowest BCUT2D eigenvalue weighted by atomic mass is 10.1. The molecule has 0 saturated carbocycles. The Bertz CT molecular complexity index is 995. The summed E-state index contributed by atoms with van der Waals surface area (Å²) in [4.78, 5) is 29.6. The fourth-order valence-electron chi connectivity index (χ4n) is 2.80. The fourth-order valence-corrected chi connectivity index (χ4v) is 2.80. The van der Waals surface area contributed by atoms with Crippen LogP contribution in [0.25, 0.3) is 22.3 Å². The van der Waals surface area contributed by atoms with Gasteiger partial charge in [-0.25, -0.2) is 4.79 Å². The number of rotatable bonds is 5. The zero-order valence-corrected chi connectivity index (χ0v) is 13.1. The van der Waals surface area contributed by atoms with E-state index in [0.717, 1.165) is 0 Å². The number of nitrogens with zero attached hydrogens (tertiary/aromatic N) is 2. The van der Waals surface area contributed by atoms with Crippen LogP contribution >= 0.6 is 0 Å². The molecule has 5 N–H and O–H groups in total. The molecule has 0 saturated heterocycles. The Hall–Kier alpha value is -2.75. The van der Waals surface area contributed by atoms with Crippen molar-refractivity contribution >= 4 is 10.9 Å². The second-order valence-electron chi connectivity index (χ2n) is 5.83. The van der Waals surface area contributed by atoms with Crippen LogP contribution in [0.4, 0.5) is 0 Å². The third-order valence-electron chi connectivity index (χ3n) is 3.92. The molecule has 2 atom stereocenters. The van der Waals surface area contributed by atoms with Gasteiger partial charge in [-0.15, -0.1) is 0 Å². The molecule has 0 spiro atoms. The SMILES string of the molecule is O=c1nc2n(CC(O)C[C@@H](O)CO)c3cc(O)ccc3cc-2c(=O)[nH]1. The molecule has 3 rings (SSSR count). The van der Waals surface area contributed by atoms with Crippen LogP contribution in [-0.4, -0.2) is 53.8 Å². The summed E-state index contributed by atoms with van der Waals surface area (Å²) in [6.07, 6.45) is -2.27. The zero-order chi connectivity index (χ0) is 18.1. The van der Waals surface area contributed by atoms with Gasteiger partial charge in [-0.1, -0.05) is 0 Å². The van der Waals surface area contributed by atoms with Crippen molar-refractivity contribution < 1.29 is 20.4 Å². The molecule has 0 bridgehead atoms. The van der Waals surface area contributed by atoms with Crippen molar-refractivity contribution in [3.8, 4) is 17.1 Å². The second-order valence-corrected chi connectivity index (χ2v) is 5.83. The Morgan fingerprint density at radius 3 is 2.64 bits per heavy atom. The molecule has 0 aliphatic carbocycles. The molecule has 2 aliphatic rings. The molecule has 2 heterocycles. The van der Waals surface area contributed by atoms with Gasteiger partial charge in [0.2, 0.25) is 0 Å². The predicted molar refractivity (Wildman–Crippen MR) is 88.6 cm³/mol. The van der Waals surface area contributed by atoms with Gasteiger partial charge in [-0.3, -0.25) is 9.78 Å². The summed E-state index contributed by atoms with van der Waals surface area (Å²) in [5.74, 6) is 0.0297. The molecule has 1 aromatic rings. The number of H-pyrrole nitrogens is 1. The molecular formula is C16H17N3O6. The Kier molecular flexibility index (Phi) is 4.53. The van der Waals surface area contributed by atoms with Gasteiger partial charge in [0.05, 0.1) is 36.4 Å². The smallest absolute Gasteiger partial charge is 0.349 e. The molecule has 0 amide bonds. The standard InChI is InChI=1S/C16H17N3O6/c20-7-11(23)4-10(22)6-19-13-5-9(21)2-1-8(13)3-12-14(19)17-16(25)18-15(12)24/h1-3,5,10-11,20-23H,4,6-7H2,(H,18,24,25)/t10?,11-/m1/s1. The van der Waals surface area contributed by atoms with Gasteiger partial charge in [-0.2, -0.15) is 4.98 Å². The molecule has 0 fully saturated rings. The van der Waals surface area contributed by atoms with Crippen LogP contribution in [0.15, 0.2) is 33.9 Å². The van der Waals surface area contributed by atoms with E-state index in [1.807, 2.05) is 0 Å². The maximum atomic E-state index is 12.1. The third-order valence-corrected chi connectivity index (χ3v) is 3.92. The quantitative estimate of drug-likeness (QED) is 0.372. The Balaban J connectivity index is 2.22. The van der Waals surface area contributed by atoms with Crippen LogP contribution in [0, 0.1) is 0 Å². The number of aromatic hydroxyl groups is 1. The first kappa shape index (κ1) is 17.1. The topological polar surface area (TPSA) is 149 Å². The second kappa shape index (κ2) is 6.63. The van der Waals surface area contributed by atoms with Crippen molar-refractivity contribution in [1.29, 1.82) is 0 Å². The summed E-state index contributed by atoms with van der Waals surface area (Å²) in [6, 6.07) is 6.02. The van der Waals surface area contributed by atoms with Crippen molar-refractivity contribution in [3.05, 3.63) is 45.1 Å². The molecule has 9 nitrogen and oxygen atoms in total. The molecule has 0 aromatic heterocycles. The molecule has 25 heavy (non-hydrogen) atoms. The van der Waals surface area contributed by atoms with Gasteiger partial charge < -0.3 is 25.0 Å². The normalized spacial score (nSPS) is 14.0. The van der Waals surface area contributed by atoms with E-state index in [9.17, 15) is 24.9 Å². The van der Waals surface area contributed by atoms with Crippen molar-refractivity contribution in [3.63, 3.8) is 0 Å². The summed E-state index contributed by atoms with van der Waals surface area (Å²) in [7, 11) is 0. The summed E-state index contributed by atoms with van der Waals surface area (Å²) >= 11 is 0. The molecular weight excluding hydrogens is 330 g/mol. The number of phenols is 1. The minimum atomic E-state index is -1.10. The van der Waals surface area contributed by atoms with Crippen molar-refractivity contribution in [2.24, 2.45) is 0 Å². The number of aliphatic hydroxyl groups is 3. The lowest BCUT2D eigenvalue weighted by molar-refractivity contribution is 0.0362. The first-order valence-corrected chi connectivity index (χ1v) is 7.62. The number of nitrogens with one attached hydrogen (secondary N) is 1. The fraction of sp³-hybridized carbons (Fsp3) is 0.312. The minimum absolute atomic E-state index is 0.0299. The van der Waals surface area contributed by atoms with E-state index in [2.05, 4.69) is 9.97 Å². The summed E-state index contributed by atoms with van der Waals surface area (Å²) in [6.45, 7) is -0.592. The van der Waals surface area contributed by atoms with Gasteiger partial charge >= 0.3 is 5.69 Å². The van der Waals surface area contributed by atoms with E-state index in [1.54, 1.807) is 12.1 Å². The van der Waals surface area contributed by atoms with Crippen LogP contribution in [0.5, 0.6) is 5.75 Å². The summed E-state index contributed by atoms with van der Waals surface area (Å²) in [5.41, 5.74) is -0.811. The van der Waals surface area contributed by atoms with Gasteiger partial charge in [-0.05, 0) is 23.6 Å². The largest absolute Gasteiger partial charge is 0.508 e. The number of phenolic OH excluding ortho intramolecular Hbond substituents is 1. The van der Waals surface area contributed by atoms with E-state index in [4.69, 9.17) is 5.11 Å². The van der Waals surface area contributed by atoms with Gasteiger partial charge in [0.15, 0.2) is 5.82 Å². The van der Waals surface area contributed by atoms with E-state index >= 15 is 0 Å². The van der Waals surface area contributed by atoms with E-state index in [-0.39, 0.29) is 30.1 Å². The molecule has 9 heteroatoms. The van der Waals surface area contributed by atoms with E-state index in [1.165, 1.54) is 16.7 Å². The lowest BCUT2D eigenvalue weighted by Crippen LogP contribution is -2.30. The number of hydrogen-bond acceptors (Lipinski definition) is 7. The van der Waals surface area contributed by atoms with E-state index in [0.29, 0.717) is 10.9 Å². The highest BCUT2D eigenvalue weighted by Gasteiger charge is 2.20. The van der Waals surface area contributed by atoms with Gasteiger partial charge in [0, 0.05) is 12.5 Å². The molecule has 0 radical (unpaired) electrons. The van der Waals surface area contributed by atoms with Gasteiger partial charge in [0.1, 0.15) is 5.75 Å². The zero-order valence-electron chi connectivity index (χ0n) is 13.1. The number of aliphatic hydroxyl groups excluding tert-OH is 3. The molecule has 132 valence electrons. The first-order chi connectivity index (χ1) is 11.9. The van der Waals surface area contributed by atoms with Crippen LogP contribution < -0.4 is 11.2 Å². The summed E-state index contributed by atoms with van der Waals surface area (Å²) in [5, 5.41) is 38.9. The molecule has 2 aliphatic heterocycles. The van der Waals surface area contributed by atoms with Crippen LogP contribution in [-0.2, 0) is 6.54 Å². The highest BCUT2D eigenvalue weighted by Crippen LogP contribution is 2.27. The number of aromatic amines is 1. The average molecular weight is 347 g/mol. The molecule has 1 unspecified atom stereocenters. The minimum Gasteiger partial charge on any atom is -0.508 e. The average Bonchev–Trinajstić information content (AvgIpc) is 2.55. The Morgan fingerprint density at radius 2 is 1.92 bits per heavy atom. The number of fused-ring (bicyclic) bond motifs is 2. The predicted octanol–water partition coefficient (Wildman–Crippen LogP) is -1.00. The van der Waals surface area contributed by atoms with Crippen molar-refractivity contribution in [2.75, 3.05) is 6.61 Å². The highest BCUT2D eigenvalue weighted by molar-refractivity contribution is 5.86. The number of aromatic nitrogens is 3. The summed E-state index contributed by atoms with van der Waals surface area (Å²) < 4.78 is 1.44. The number of pyridine rings is 1. The highest BCUT2D eigenvalue weighted by atomic mass is 16.3. The van der Waals surface area contributed by atoms with E-state index < -0.39 is 30.1 Å². The monoisotopic (exact) mass is 347 g/mol. The van der Waals surface area contributed by atoms with Crippen LogP contribution in [0.3, 0.4) is 0 Å². The number of hydrogen-bond donors (Lipinski definition) is 5. The van der Waals surface area contributed by atoms with Crippen LogP contribution in [0.1, 0.15) is 6.42 Å². The van der Waals surface area contributed by atoms with Crippen LogP contribution in [0.2, 0.25) is 0 Å². The van der Waals surface area contributed by atoms with Crippen molar-refractivity contribution in [2.45, 2.75) is 25.2 Å². The third kappa shape index (κ3) is 3.38. The van der Waals surface area contributed by atoms with Crippen molar-refractivity contribution in [1.82, 2.24) is 14.5 Å².